The number of hydrogen-bond acceptors (Lipinski definition) is 4. The van der Waals surface area contributed by atoms with Crippen molar-refractivity contribution < 1.29 is 5.11 Å². The second kappa shape index (κ2) is 5.08. The molecule has 0 aliphatic heterocycles. The van der Waals surface area contributed by atoms with Gasteiger partial charge in [-0.1, -0.05) is 6.07 Å². The third-order valence-electron chi connectivity index (χ3n) is 3.14. The van der Waals surface area contributed by atoms with E-state index in [0.29, 0.717) is 0 Å². The van der Waals surface area contributed by atoms with Crippen LogP contribution in [0.3, 0.4) is 0 Å². The Hall–Kier alpha value is -1.39. The molecule has 0 spiro atoms. The molecule has 1 aromatic carbocycles. The second-order valence-electron chi connectivity index (χ2n) is 4.42. The Bertz CT molecular complexity index is 554. The summed E-state index contributed by atoms with van der Waals surface area (Å²) in [4.78, 5) is 9.65. The van der Waals surface area contributed by atoms with Crippen molar-refractivity contribution >= 4 is 11.8 Å². The molecule has 4 heteroatoms. The van der Waals surface area contributed by atoms with E-state index in [2.05, 4.69) is 28.2 Å². The lowest BCUT2D eigenvalue weighted by Crippen LogP contribution is -1.91. The van der Waals surface area contributed by atoms with Crippen molar-refractivity contribution in [1.29, 1.82) is 0 Å². The van der Waals surface area contributed by atoms with Crippen molar-refractivity contribution in [2.24, 2.45) is 0 Å². The third kappa shape index (κ3) is 2.40. The highest BCUT2D eigenvalue weighted by atomic mass is 32.2. The van der Waals surface area contributed by atoms with Crippen molar-refractivity contribution in [1.82, 2.24) is 9.97 Å². The largest absolute Gasteiger partial charge is 0.392 e. The predicted molar refractivity (Wildman–Crippen MR) is 70.5 cm³/mol. The molecule has 1 heterocycles. The molecule has 1 aliphatic carbocycles. The maximum Gasteiger partial charge on any atom is 0.192 e. The fourth-order valence-corrected chi connectivity index (χ4v) is 2.95. The lowest BCUT2D eigenvalue weighted by molar-refractivity contribution is 0.280. The topological polar surface area (TPSA) is 46.0 Å². The van der Waals surface area contributed by atoms with Gasteiger partial charge in [-0.25, -0.2) is 9.97 Å². The summed E-state index contributed by atoms with van der Waals surface area (Å²) in [5.41, 5.74) is 3.69. The lowest BCUT2D eigenvalue weighted by atomic mass is 10.1. The minimum absolute atomic E-state index is 0.0101. The van der Waals surface area contributed by atoms with Gasteiger partial charge in [0.1, 0.15) is 0 Å². The Morgan fingerprint density at radius 2 is 1.89 bits per heavy atom. The Morgan fingerprint density at radius 1 is 1.11 bits per heavy atom. The van der Waals surface area contributed by atoms with Crippen LogP contribution in [0.2, 0.25) is 0 Å². The summed E-state index contributed by atoms with van der Waals surface area (Å²) in [5, 5.41) is 9.66. The van der Waals surface area contributed by atoms with E-state index in [4.69, 9.17) is 5.11 Å². The summed E-state index contributed by atoms with van der Waals surface area (Å²) < 4.78 is 0. The minimum atomic E-state index is -0.0101. The normalized spacial score (nSPS) is 13.6. The monoisotopic (exact) mass is 258 g/mol. The van der Waals surface area contributed by atoms with Crippen LogP contribution >= 0.6 is 11.8 Å². The van der Waals surface area contributed by atoms with Crippen LogP contribution in [0.15, 0.2) is 40.6 Å². The van der Waals surface area contributed by atoms with Crippen LogP contribution in [-0.4, -0.2) is 15.1 Å². The zero-order valence-electron chi connectivity index (χ0n) is 9.97. The molecule has 0 atom stereocenters. The zero-order valence-corrected chi connectivity index (χ0v) is 10.8. The molecule has 1 N–H and O–H groups in total. The number of benzene rings is 1. The van der Waals surface area contributed by atoms with Gasteiger partial charge in [-0.2, -0.15) is 0 Å². The average Bonchev–Trinajstić information content (AvgIpc) is 2.87. The standard InChI is InChI=1S/C14H14N2OS/c17-9-10-7-15-14(16-8-10)18-13-5-4-11-2-1-3-12(11)6-13/h4-8,17H,1-3,9H2. The molecule has 3 nitrogen and oxygen atoms in total. The van der Waals surface area contributed by atoms with Gasteiger partial charge in [-0.15, -0.1) is 0 Å². The molecule has 0 fully saturated rings. The Balaban J connectivity index is 1.79. The fourth-order valence-electron chi connectivity index (χ4n) is 2.19. The van der Waals surface area contributed by atoms with Gasteiger partial charge in [-0.3, -0.25) is 0 Å². The van der Waals surface area contributed by atoms with Crippen molar-refractivity contribution in [3.05, 3.63) is 47.3 Å². The molecule has 2 aromatic rings. The quantitative estimate of drug-likeness (QED) is 0.860. The predicted octanol–water partition coefficient (Wildman–Crippen LogP) is 2.61. The smallest absolute Gasteiger partial charge is 0.192 e. The Labute approximate surface area is 110 Å². The molecule has 0 amide bonds. The van der Waals surface area contributed by atoms with Gasteiger partial charge in [0.15, 0.2) is 5.16 Å². The van der Waals surface area contributed by atoms with Gasteiger partial charge in [0.2, 0.25) is 0 Å². The number of aromatic nitrogens is 2. The van der Waals surface area contributed by atoms with Crippen molar-refractivity contribution in [3.8, 4) is 0 Å². The van der Waals surface area contributed by atoms with Crippen LogP contribution < -0.4 is 0 Å². The van der Waals surface area contributed by atoms with Crippen LogP contribution in [0, 0.1) is 0 Å². The summed E-state index contributed by atoms with van der Waals surface area (Å²) in [6.45, 7) is -0.0101. The van der Waals surface area contributed by atoms with E-state index in [9.17, 15) is 0 Å². The van der Waals surface area contributed by atoms with Crippen LogP contribution in [0.4, 0.5) is 0 Å². The van der Waals surface area contributed by atoms with E-state index in [-0.39, 0.29) is 6.61 Å². The highest BCUT2D eigenvalue weighted by molar-refractivity contribution is 7.99. The molecule has 0 saturated heterocycles. The number of rotatable bonds is 3. The summed E-state index contributed by atoms with van der Waals surface area (Å²) in [6, 6.07) is 6.60. The van der Waals surface area contributed by atoms with Gasteiger partial charge in [-0.05, 0) is 54.3 Å². The van der Waals surface area contributed by atoms with Crippen molar-refractivity contribution in [2.45, 2.75) is 35.9 Å². The molecule has 1 aliphatic rings. The summed E-state index contributed by atoms with van der Waals surface area (Å²) in [6.07, 6.45) is 7.01. The Kier molecular flexibility index (Phi) is 3.30. The minimum Gasteiger partial charge on any atom is -0.392 e. The number of nitrogens with zero attached hydrogens (tertiary/aromatic N) is 2. The van der Waals surface area contributed by atoms with E-state index in [1.807, 2.05) is 0 Å². The molecule has 18 heavy (non-hydrogen) atoms. The summed E-state index contributed by atoms with van der Waals surface area (Å²) in [5.74, 6) is 0. The van der Waals surface area contributed by atoms with E-state index in [1.54, 1.807) is 24.2 Å². The maximum absolute atomic E-state index is 8.94. The molecule has 0 radical (unpaired) electrons. The highest BCUT2D eigenvalue weighted by Crippen LogP contribution is 2.30. The van der Waals surface area contributed by atoms with Gasteiger partial charge in [0, 0.05) is 22.9 Å². The molecule has 1 aromatic heterocycles. The van der Waals surface area contributed by atoms with Gasteiger partial charge < -0.3 is 5.11 Å². The van der Waals surface area contributed by atoms with E-state index < -0.39 is 0 Å². The number of fused-ring (bicyclic) bond motifs is 1. The van der Waals surface area contributed by atoms with Crippen LogP contribution in [0.5, 0.6) is 0 Å². The van der Waals surface area contributed by atoms with Gasteiger partial charge in [0.05, 0.1) is 6.61 Å². The molecule has 0 unspecified atom stereocenters. The van der Waals surface area contributed by atoms with Gasteiger partial charge >= 0.3 is 0 Å². The second-order valence-corrected chi connectivity index (χ2v) is 5.46. The van der Waals surface area contributed by atoms with E-state index >= 15 is 0 Å². The van der Waals surface area contributed by atoms with Crippen molar-refractivity contribution in [2.75, 3.05) is 0 Å². The summed E-state index contributed by atoms with van der Waals surface area (Å²) >= 11 is 1.57. The summed E-state index contributed by atoms with van der Waals surface area (Å²) in [7, 11) is 0. The molecule has 0 bridgehead atoms. The van der Waals surface area contributed by atoms with Crippen LogP contribution in [0.25, 0.3) is 0 Å². The molecular weight excluding hydrogens is 244 g/mol. The number of aliphatic hydroxyl groups is 1. The Morgan fingerprint density at radius 3 is 2.67 bits per heavy atom. The molecule has 3 rings (SSSR count). The van der Waals surface area contributed by atoms with E-state index in [1.165, 1.54) is 35.3 Å². The van der Waals surface area contributed by atoms with Crippen LogP contribution in [-0.2, 0) is 19.4 Å². The molecule has 0 saturated carbocycles. The third-order valence-corrected chi connectivity index (χ3v) is 4.03. The number of aliphatic hydroxyl groups excluding tert-OH is 1. The first-order chi connectivity index (χ1) is 8.85. The van der Waals surface area contributed by atoms with E-state index in [0.717, 1.165) is 10.7 Å². The van der Waals surface area contributed by atoms with Crippen LogP contribution in [0.1, 0.15) is 23.1 Å². The lowest BCUT2D eigenvalue weighted by Gasteiger charge is -2.04. The highest BCUT2D eigenvalue weighted by Gasteiger charge is 2.11. The average molecular weight is 258 g/mol. The fraction of sp³-hybridized carbons (Fsp3) is 0.286. The van der Waals surface area contributed by atoms with Gasteiger partial charge in [0.25, 0.3) is 0 Å². The first kappa shape index (κ1) is 11.7. The first-order valence-corrected chi connectivity index (χ1v) is 6.88. The number of aryl methyl sites for hydroxylation is 2. The first-order valence-electron chi connectivity index (χ1n) is 6.06. The molecule has 92 valence electrons. The van der Waals surface area contributed by atoms with Crippen molar-refractivity contribution in [3.63, 3.8) is 0 Å². The molecular formula is C14H14N2OS. The maximum atomic E-state index is 8.94. The zero-order chi connectivity index (χ0) is 12.4. The SMILES string of the molecule is OCc1cnc(Sc2ccc3c(c2)CCC3)nc1. The number of hydrogen-bond donors (Lipinski definition) is 1.